The normalized spacial score (nSPS) is 17.3. The van der Waals surface area contributed by atoms with Gasteiger partial charge in [-0.05, 0) is 55.7 Å². The molecule has 0 radical (unpaired) electrons. The summed E-state index contributed by atoms with van der Waals surface area (Å²) < 4.78 is 13.2. The molecule has 2 aliphatic rings. The molecule has 4 rings (SSSR count). The largest absolute Gasteiger partial charge is 0.487 e. The molecule has 1 saturated carbocycles. The average Bonchev–Trinajstić information content (AvgIpc) is 3.43. The van der Waals surface area contributed by atoms with Gasteiger partial charge < -0.3 is 9.47 Å². The lowest BCUT2D eigenvalue weighted by molar-refractivity contribution is 0.111. The van der Waals surface area contributed by atoms with Crippen molar-refractivity contribution >= 4 is 11.9 Å². The molecule has 0 atom stereocenters. The van der Waals surface area contributed by atoms with Crippen molar-refractivity contribution in [3.8, 4) is 11.6 Å². The van der Waals surface area contributed by atoms with Crippen molar-refractivity contribution < 1.29 is 14.3 Å². The quantitative estimate of drug-likeness (QED) is 0.708. The lowest BCUT2D eigenvalue weighted by atomic mass is 9.90. The number of nitrogens with zero attached hydrogens (tertiary/aromatic N) is 3. The summed E-state index contributed by atoms with van der Waals surface area (Å²) >= 11 is 0. The first kappa shape index (κ1) is 16.8. The molecule has 2 aliphatic carbocycles. The van der Waals surface area contributed by atoms with Crippen LogP contribution in [0.3, 0.4) is 0 Å². The molecular weight excluding hydrogens is 330 g/mol. The summed E-state index contributed by atoms with van der Waals surface area (Å²) in [5.41, 5.74) is 4.34. The lowest BCUT2D eigenvalue weighted by Crippen LogP contribution is -2.12. The van der Waals surface area contributed by atoms with Crippen molar-refractivity contribution in [1.29, 1.82) is 0 Å². The monoisotopic (exact) mass is 353 g/mol. The number of carbonyl (C=O) groups is 1. The van der Waals surface area contributed by atoms with E-state index in [0.29, 0.717) is 29.8 Å². The number of allylic oxidation sites excluding steroid dienone is 1. The van der Waals surface area contributed by atoms with Crippen molar-refractivity contribution in [3.63, 3.8) is 0 Å². The van der Waals surface area contributed by atoms with E-state index in [1.54, 1.807) is 12.3 Å². The van der Waals surface area contributed by atoms with Gasteiger partial charge in [-0.1, -0.05) is 0 Å². The first-order chi connectivity index (χ1) is 12.8. The third-order valence-corrected chi connectivity index (χ3v) is 5.06. The molecule has 6 heteroatoms. The molecule has 0 saturated heterocycles. The Morgan fingerprint density at radius 1 is 1.31 bits per heavy atom. The predicted molar refractivity (Wildman–Crippen MR) is 97.6 cm³/mol. The third kappa shape index (κ3) is 3.36. The molecule has 0 aliphatic heterocycles. The van der Waals surface area contributed by atoms with Gasteiger partial charge >= 0.3 is 0 Å². The lowest BCUT2D eigenvalue weighted by Gasteiger charge is -2.22. The maximum atomic E-state index is 11.3. The number of hydrogen-bond donors (Lipinski definition) is 0. The minimum atomic E-state index is 0.408. The van der Waals surface area contributed by atoms with E-state index in [4.69, 9.17) is 9.47 Å². The molecule has 6 nitrogen and oxygen atoms in total. The predicted octanol–water partition coefficient (Wildman–Crippen LogP) is 3.84. The number of rotatable bonds is 7. The van der Waals surface area contributed by atoms with E-state index >= 15 is 0 Å². The summed E-state index contributed by atoms with van der Waals surface area (Å²) in [6.07, 6.45) is 11.1. The van der Waals surface area contributed by atoms with Gasteiger partial charge in [0.2, 0.25) is 5.88 Å². The maximum absolute atomic E-state index is 11.3. The van der Waals surface area contributed by atoms with E-state index in [1.165, 1.54) is 49.6 Å². The summed E-state index contributed by atoms with van der Waals surface area (Å²) in [7, 11) is 1.53. The SMILES string of the molecule is COc1cc(C=O)c(OCC2=C(c3ccnn3C3CC3)CCCC2)cn1. The molecule has 0 amide bonds. The van der Waals surface area contributed by atoms with Crippen LogP contribution in [-0.4, -0.2) is 34.8 Å². The zero-order valence-corrected chi connectivity index (χ0v) is 15.0. The van der Waals surface area contributed by atoms with Gasteiger partial charge in [-0.15, -0.1) is 0 Å². The molecule has 1 fully saturated rings. The van der Waals surface area contributed by atoms with Crippen molar-refractivity contribution in [2.75, 3.05) is 13.7 Å². The topological polar surface area (TPSA) is 66.2 Å². The molecule has 2 heterocycles. The summed E-state index contributed by atoms with van der Waals surface area (Å²) in [6, 6.07) is 4.27. The van der Waals surface area contributed by atoms with Crippen molar-refractivity contribution in [2.45, 2.75) is 44.6 Å². The van der Waals surface area contributed by atoms with Crippen LogP contribution in [0.4, 0.5) is 0 Å². The van der Waals surface area contributed by atoms with E-state index in [9.17, 15) is 4.79 Å². The first-order valence-electron chi connectivity index (χ1n) is 9.17. The number of methoxy groups -OCH3 is 1. The van der Waals surface area contributed by atoms with Crippen LogP contribution in [0.2, 0.25) is 0 Å². The van der Waals surface area contributed by atoms with Crippen LogP contribution in [0.1, 0.15) is 60.6 Å². The molecule has 26 heavy (non-hydrogen) atoms. The third-order valence-electron chi connectivity index (χ3n) is 5.06. The number of aldehydes is 1. The second-order valence-electron chi connectivity index (χ2n) is 6.85. The van der Waals surface area contributed by atoms with Crippen molar-refractivity contribution in [2.24, 2.45) is 0 Å². The van der Waals surface area contributed by atoms with Crippen LogP contribution in [-0.2, 0) is 0 Å². The van der Waals surface area contributed by atoms with Crippen LogP contribution < -0.4 is 9.47 Å². The highest BCUT2D eigenvalue weighted by molar-refractivity contribution is 5.79. The molecule has 0 unspecified atom stereocenters. The van der Waals surface area contributed by atoms with Crippen molar-refractivity contribution in [1.82, 2.24) is 14.8 Å². The minimum absolute atomic E-state index is 0.408. The Bertz CT molecular complexity index is 837. The van der Waals surface area contributed by atoms with E-state index in [2.05, 4.69) is 20.8 Å². The summed E-state index contributed by atoms with van der Waals surface area (Å²) in [6.45, 7) is 0.472. The number of hydrogen-bond acceptors (Lipinski definition) is 5. The molecule has 0 aromatic carbocycles. The second-order valence-corrected chi connectivity index (χ2v) is 6.85. The van der Waals surface area contributed by atoms with Gasteiger partial charge in [0, 0.05) is 12.3 Å². The molecule has 0 bridgehead atoms. The van der Waals surface area contributed by atoms with Crippen LogP contribution in [0, 0.1) is 0 Å². The Morgan fingerprint density at radius 2 is 2.15 bits per heavy atom. The zero-order valence-electron chi connectivity index (χ0n) is 15.0. The molecule has 136 valence electrons. The fourth-order valence-electron chi connectivity index (χ4n) is 3.53. The Balaban J connectivity index is 1.58. The van der Waals surface area contributed by atoms with Crippen LogP contribution in [0.5, 0.6) is 11.6 Å². The number of aromatic nitrogens is 3. The number of carbonyl (C=O) groups excluding carboxylic acids is 1. The van der Waals surface area contributed by atoms with Gasteiger partial charge in [0.1, 0.15) is 12.4 Å². The molecule has 0 spiro atoms. The molecule has 2 aromatic rings. The first-order valence-corrected chi connectivity index (χ1v) is 9.17. The zero-order chi connectivity index (χ0) is 17.9. The Labute approximate surface area is 152 Å². The Morgan fingerprint density at radius 3 is 2.92 bits per heavy atom. The fraction of sp³-hybridized carbons (Fsp3) is 0.450. The Hall–Kier alpha value is -2.63. The number of ether oxygens (including phenoxy) is 2. The smallest absolute Gasteiger partial charge is 0.213 e. The second kappa shape index (κ2) is 7.32. The van der Waals surface area contributed by atoms with Crippen LogP contribution in [0.15, 0.2) is 30.1 Å². The van der Waals surface area contributed by atoms with Gasteiger partial charge in [0.25, 0.3) is 0 Å². The highest BCUT2D eigenvalue weighted by Crippen LogP contribution is 2.39. The average molecular weight is 353 g/mol. The van der Waals surface area contributed by atoms with E-state index < -0.39 is 0 Å². The summed E-state index contributed by atoms with van der Waals surface area (Å²) in [5, 5.41) is 4.52. The molecule has 0 N–H and O–H groups in total. The summed E-state index contributed by atoms with van der Waals surface area (Å²) in [4.78, 5) is 15.5. The van der Waals surface area contributed by atoms with E-state index in [1.807, 2.05) is 6.20 Å². The highest BCUT2D eigenvalue weighted by atomic mass is 16.5. The van der Waals surface area contributed by atoms with Gasteiger partial charge in [-0.2, -0.15) is 5.10 Å². The van der Waals surface area contributed by atoms with Gasteiger partial charge in [-0.25, -0.2) is 4.98 Å². The standard InChI is InChI=1S/C20H23N3O3/c1-25-20-10-15(12-24)19(11-21-20)26-13-14-4-2-3-5-17(14)18-8-9-22-23(18)16-6-7-16/h8-12,16H,2-7,13H2,1H3. The van der Waals surface area contributed by atoms with Crippen LogP contribution in [0.25, 0.3) is 5.57 Å². The van der Waals surface area contributed by atoms with Gasteiger partial charge in [-0.3, -0.25) is 9.48 Å². The van der Waals surface area contributed by atoms with Crippen LogP contribution >= 0.6 is 0 Å². The molecular formula is C20H23N3O3. The van der Waals surface area contributed by atoms with Gasteiger partial charge in [0.15, 0.2) is 6.29 Å². The molecule has 2 aromatic heterocycles. The van der Waals surface area contributed by atoms with Crippen molar-refractivity contribution in [3.05, 3.63) is 41.4 Å². The highest BCUT2D eigenvalue weighted by Gasteiger charge is 2.28. The Kier molecular flexibility index (Phi) is 4.73. The number of pyridine rings is 1. The van der Waals surface area contributed by atoms with Gasteiger partial charge in [0.05, 0.1) is 30.6 Å². The summed E-state index contributed by atoms with van der Waals surface area (Å²) in [5.74, 6) is 0.902. The minimum Gasteiger partial charge on any atom is -0.487 e. The van der Waals surface area contributed by atoms with E-state index in [-0.39, 0.29) is 0 Å². The van der Waals surface area contributed by atoms with E-state index in [0.717, 1.165) is 19.1 Å². The fourth-order valence-corrected chi connectivity index (χ4v) is 3.53. The maximum Gasteiger partial charge on any atom is 0.213 e.